The van der Waals surface area contributed by atoms with Crippen molar-refractivity contribution >= 4 is 10.1 Å². The lowest BCUT2D eigenvalue weighted by molar-refractivity contribution is -0.00866. The highest BCUT2D eigenvalue weighted by Gasteiger charge is 2.17. The minimum atomic E-state index is -4.02. The Morgan fingerprint density at radius 3 is 2.13 bits per heavy atom. The van der Waals surface area contributed by atoms with E-state index in [0.29, 0.717) is 6.10 Å². The fourth-order valence-corrected chi connectivity index (χ4v) is 2.52. The van der Waals surface area contributed by atoms with Gasteiger partial charge >= 0.3 is 0 Å². The van der Waals surface area contributed by atoms with Crippen LogP contribution >= 0.6 is 0 Å². The zero-order chi connectivity index (χ0) is 16.7. The van der Waals surface area contributed by atoms with Crippen LogP contribution in [0.15, 0.2) is 59.5 Å². The van der Waals surface area contributed by atoms with Gasteiger partial charge in [-0.05, 0) is 43.9 Å². The van der Waals surface area contributed by atoms with Gasteiger partial charge in [0.05, 0.1) is 17.6 Å². The van der Waals surface area contributed by atoms with Crippen molar-refractivity contribution in [2.75, 3.05) is 0 Å². The third-order valence-electron chi connectivity index (χ3n) is 3.70. The molecule has 0 unspecified atom stereocenters. The average Bonchev–Trinajstić information content (AvgIpc) is 2.47. The largest absolute Gasteiger partial charge is 0.374 e. The first kappa shape index (κ1) is 17.7. The molecule has 1 aliphatic carbocycles. The third kappa shape index (κ3) is 6.14. The molecular formula is C18H22O4S. The van der Waals surface area contributed by atoms with Crippen molar-refractivity contribution in [3.63, 3.8) is 0 Å². The van der Waals surface area contributed by atoms with Gasteiger partial charge in [-0.25, -0.2) is 0 Å². The average molecular weight is 334 g/mol. The summed E-state index contributed by atoms with van der Waals surface area (Å²) in [6.07, 6.45) is 4.41. The fourth-order valence-electron chi connectivity index (χ4n) is 2.04. The molecule has 0 atom stereocenters. The van der Waals surface area contributed by atoms with Gasteiger partial charge in [0.15, 0.2) is 0 Å². The maximum absolute atomic E-state index is 10.5. The Labute approximate surface area is 137 Å². The second-order valence-corrected chi connectivity index (χ2v) is 7.06. The van der Waals surface area contributed by atoms with Crippen LogP contribution in [-0.2, 0) is 21.5 Å². The highest BCUT2D eigenvalue weighted by molar-refractivity contribution is 7.85. The fraction of sp³-hybridized carbons (Fsp3) is 0.333. The minimum absolute atomic E-state index is 0.0666. The summed E-state index contributed by atoms with van der Waals surface area (Å²) in [4.78, 5) is -0.0666. The van der Waals surface area contributed by atoms with Crippen LogP contribution in [0.25, 0.3) is 0 Å². The van der Waals surface area contributed by atoms with Crippen LogP contribution in [0.2, 0.25) is 0 Å². The van der Waals surface area contributed by atoms with E-state index in [1.807, 2.05) is 13.0 Å². The van der Waals surface area contributed by atoms with Crippen molar-refractivity contribution in [2.45, 2.75) is 43.8 Å². The van der Waals surface area contributed by atoms with Crippen molar-refractivity contribution in [1.82, 2.24) is 0 Å². The lowest BCUT2D eigenvalue weighted by Crippen LogP contribution is -2.21. The molecule has 3 rings (SSSR count). The van der Waals surface area contributed by atoms with Gasteiger partial charge in [0.2, 0.25) is 0 Å². The maximum Gasteiger partial charge on any atom is 0.294 e. The van der Waals surface area contributed by atoms with E-state index in [4.69, 9.17) is 9.29 Å². The molecule has 0 bridgehead atoms. The van der Waals surface area contributed by atoms with Crippen molar-refractivity contribution in [2.24, 2.45) is 0 Å². The Morgan fingerprint density at radius 2 is 1.65 bits per heavy atom. The van der Waals surface area contributed by atoms with Crippen molar-refractivity contribution in [3.8, 4) is 0 Å². The molecule has 0 aliphatic heterocycles. The summed E-state index contributed by atoms with van der Waals surface area (Å²) in [6, 6.07) is 16.4. The summed E-state index contributed by atoms with van der Waals surface area (Å²) in [5, 5.41) is 0. The molecule has 1 N–H and O–H groups in total. The monoisotopic (exact) mass is 334 g/mol. The number of hydrogen-bond donors (Lipinski definition) is 1. The van der Waals surface area contributed by atoms with E-state index in [1.54, 1.807) is 12.1 Å². The molecule has 0 amide bonds. The lowest BCUT2D eigenvalue weighted by atomic mass is 9.96. The van der Waals surface area contributed by atoms with Gasteiger partial charge in [-0.3, -0.25) is 4.55 Å². The summed E-state index contributed by atoms with van der Waals surface area (Å²) in [7, 11) is -4.02. The van der Waals surface area contributed by atoms with Crippen LogP contribution in [0.1, 0.15) is 30.4 Å². The lowest BCUT2D eigenvalue weighted by Gasteiger charge is -2.25. The maximum atomic E-state index is 10.5. The zero-order valence-corrected chi connectivity index (χ0v) is 14.0. The molecular weight excluding hydrogens is 312 g/mol. The second-order valence-electron chi connectivity index (χ2n) is 5.64. The molecule has 0 aromatic heterocycles. The van der Waals surface area contributed by atoms with Gasteiger partial charge in [0.1, 0.15) is 0 Å². The zero-order valence-electron chi connectivity index (χ0n) is 13.2. The minimum Gasteiger partial charge on any atom is -0.374 e. The molecule has 0 spiro atoms. The van der Waals surface area contributed by atoms with Crippen molar-refractivity contribution in [3.05, 3.63) is 65.7 Å². The SMILES string of the molecule is Cc1ccc(S(=O)(=O)O)cc1.c1ccc(COC2CCC2)cc1. The first-order chi connectivity index (χ1) is 10.9. The molecule has 1 aliphatic rings. The Bertz CT molecular complexity index is 690. The second kappa shape index (κ2) is 8.24. The van der Waals surface area contributed by atoms with E-state index in [9.17, 15) is 8.42 Å². The predicted octanol–water partition coefficient (Wildman–Crippen LogP) is 4.00. The molecule has 1 saturated carbocycles. The molecule has 0 radical (unpaired) electrons. The van der Waals surface area contributed by atoms with E-state index in [2.05, 4.69) is 24.3 Å². The van der Waals surface area contributed by atoms with Crippen molar-refractivity contribution in [1.29, 1.82) is 0 Å². The van der Waals surface area contributed by atoms with Gasteiger partial charge in [-0.15, -0.1) is 0 Å². The number of benzene rings is 2. The molecule has 23 heavy (non-hydrogen) atoms. The summed E-state index contributed by atoms with van der Waals surface area (Å²) in [5.41, 5.74) is 2.24. The van der Waals surface area contributed by atoms with Gasteiger partial charge in [-0.1, -0.05) is 48.0 Å². The highest BCUT2D eigenvalue weighted by atomic mass is 32.2. The molecule has 4 nitrogen and oxygen atoms in total. The standard InChI is InChI=1S/C11H14O.C7H8O3S/c1-2-5-10(6-3-1)9-12-11-7-4-8-11;1-6-2-4-7(5-3-6)11(8,9)10/h1-3,5-6,11H,4,7-9H2;2-5H,1H3,(H,8,9,10). The van der Waals surface area contributed by atoms with Gasteiger partial charge in [0, 0.05) is 0 Å². The molecule has 1 fully saturated rings. The Kier molecular flexibility index (Phi) is 6.33. The third-order valence-corrected chi connectivity index (χ3v) is 4.57. The van der Waals surface area contributed by atoms with Crippen molar-refractivity contribution < 1.29 is 17.7 Å². The molecule has 5 heteroatoms. The van der Waals surface area contributed by atoms with E-state index in [1.165, 1.54) is 37.0 Å². The highest BCUT2D eigenvalue weighted by Crippen LogP contribution is 2.22. The summed E-state index contributed by atoms with van der Waals surface area (Å²) >= 11 is 0. The molecule has 2 aromatic rings. The molecule has 2 aromatic carbocycles. The van der Waals surface area contributed by atoms with Crippen LogP contribution in [0.4, 0.5) is 0 Å². The Morgan fingerprint density at radius 1 is 1.04 bits per heavy atom. The number of rotatable bonds is 4. The van der Waals surface area contributed by atoms with Gasteiger partial charge in [-0.2, -0.15) is 8.42 Å². The topological polar surface area (TPSA) is 63.6 Å². The smallest absolute Gasteiger partial charge is 0.294 e. The Hall–Kier alpha value is -1.69. The Balaban J connectivity index is 0.000000168. The molecule has 0 heterocycles. The quantitative estimate of drug-likeness (QED) is 0.859. The molecule has 124 valence electrons. The van der Waals surface area contributed by atoms with Crippen LogP contribution in [-0.4, -0.2) is 19.1 Å². The number of hydrogen-bond acceptors (Lipinski definition) is 3. The van der Waals surface area contributed by atoms with Gasteiger partial charge in [0.25, 0.3) is 10.1 Å². The normalized spacial score (nSPS) is 14.5. The molecule has 0 saturated heterocycles. The number of aryl methyl sites for hydroxylation is 1. The summed E-state index contributed by atoms with van der Waals surface area (Å²) < 4.78 is 35.2. The van der Waals surface area contributed by atoms with Crippen LogP contribution in [0, 0.1) is 6.92 Å². The van der Waals surface area contributed by atoms with E-state index in [0.717, 1.165) is 12.2 Å². The van der Waals surface area contributed by atoms with Gasteiger partial charge < -0.3 is 4.74 Å². The summed E-state index contributed by atoms with van der Waals surface area (Å²) in [5.74, 6) is 0. The van der Waals surface area contributed by atoms with E-state index >= 15 is 0 Å². The van der Waals surface area contributed by atoms with Crippen LogP contribution in [0.3, 0.4) is 0 Å². The van der Waals surface area contributed by atoms with Crippen LogP contribution < -0.4 is 0 Å². The van der Waals surface area contributed by atoms with Crippen LogP contribution in [0.5, 0.6) is 0 Å². The van der Waals surface area contributed by atoms with E-state index < -0.39 is 10.1 Å². The summed E-state index contributed by atoms with van der Waals surface area (Å²) in [6.45, 7) is 2.62. The van der Waals surface area contributed by atoms with E-state index in [-0.39, 0.29) is 4.90 Å². The first-order valence-electron chi connectivity index (χ1n) is 7.65. The first-order valence-corrected chi connectivity index (χ1v) is 9.09. The number of ether oxygens (including phenoxy) is 1. The predicted molar refractivity (Wildman–Crippen MR) is 89.9 cm³/mol.